The van der Waals surface area contributed by atoms with Crippen LogP contribution in [0.5, 0.6) is 0 Å². The smallest absolute Gasteiger partial charge is 0.255 e. The summed E-state index contributed by atoms with van der Waals surface area (Å²) >= 11 is 7.38. The van der Waals surface area contributed by atoms with Gasteiger partial charge in [0.1, 0.15) is 0 Å². The number of carbonyl (C=O) groups excluding carboxylic acids is 2. The molecular weight excluding hydrogens is 320 g/mol. The van der Waals surface area contributed by atoms with Crippen LogP contribution in [0.15, 0.2) is 41.3 Å². The van der Waals surface area contributed by atoms with Crippen LogP contribution in [0.3, 0.4) is 0 Å². The second-order valence-corrected chi connectivity index (χ2v) is 6.41. The maximum absolute atomic E-state index is 12.4. The summed E-state index contributed by atoms with van der Waals surface area (Å²) in [5, 5.41) is 6.26. The van der Waals surface area contributed by atoms with Crippen molar-refractivity contribution in [1.29, 1.82) is 0 Å². The molecule has 1 aliphatic heterocycles. The number of halogens is 1. The fourth-order valence-electron chi connectivity index (χ4n) is 2.19. The van der Waals surface area contributed by atoms with Crippen molar-refractivity contribution in [2.45, 2.75) is 11.8 Å². The zero-order valence-corrected chi connectivity index (χ0v) is 13.3. The number of aryl methyl sites for hydroxylation is 1. The number of benzene rings is 2. The molecule has 2 N–H and O–H groups in total. The average Bonchev–Trinajstić information content (AvgIpc) is 2.49. The SMILES string of the molecule is Cc1cc(Cl)ccc1NC(=O)c1ccc2c(c1)NC(=O)CS2. The number of nitrogens with one attached hydrogen (secondary N) is 2. The standard InChI is InChI=1S/C16H13ClN2O2S/c1-9-6-11(17)3-4-12(9)19-16(21)10-2-5-14-13(7-10)18-15(20)8-22-14/h2-7H,8H2,1H3,(H,18,20)(H,19,21). The zero-order valence-electron chi connectivity index (χ0n) is 11.8. The molecule has 112 valence electrons. The highest BCUT2D eigenvalue weighted by Crippen LogP contribution is 2.32. The lowest BCUT2D eigenvalue weighted by Crippen LogP contribution is -2.20. The molecule has 0 radical (unpaired) electrons. The Morgan fingerprint density at radius 2 is 2.09 bits per heavy atom. The van der Waals surface area contributed by atoms with Crippen LogP contribution in [0.2, 0.25) is 5.02 Å². The number of thioether (sulfide) groups is 1. The largest absolute Gasteiger partial charge is 0.324 e. The molecule has 0 saturated carbocycles. The zero-order chi connectivity index (χ0) is 15.7. The number of hydrogen-bond acceptors (Lipinski definition) is 3. The highest BCUT2D eigenvalue weighted by atomic mass is 35.5. The lowest BCUT2D eigenvalue weighted by molar-refractivity contribution is -0.113. The molecule has 0 spiro atoms. The minimum Gasteiger partial charge on any atom is -0.324 e. The van der Waals surface area contributed by atoms with Gasteiger partial charge in [-0.15, -0.1) is 11.8 Å². The molecule has 2 amide bonds. The summed E-state index contributed by atoms with van der Waals surface area (Å²) in [7, 11) is 0. The van der Waals surface area contributed by atoms with Crippen LogP contribution < -0.4 is 10.6 Å². The van der Waals surface area contributed by atoms with E-state index >= 15 is 0 Å². The molecule has 0 saturated heterocycles. The Morgan fingerprint density at radius 3 is 2.86 bits per heavy atom. The molecule has 0 aromatic heterocycles. The van der Waals surface area contributed by atoms with Crippen LogP contribution in [0.1, 0.15) is 15.9 Å². The molecule has 0 fully saturated rings. The number of carbonyl (C=O) groups is 2. The lowest BCUT2D eigenvalue weighted by Gasteiger charge is -2.17. The van der Waals surface area contributed by atoms with Gasteiger partial charge in [-0.1, -0.05) is 11.6 Å². The van der Waals surface area contributed by atoms with Crippen LogP contribution >= 0.6 is 23.4 Å². The number of fused-ring (bicyclic) bond motifs is 1. The number of rotatable bonds is 2. The number of amides is 2. The summed E-state index contributed by atoms with van der Waals surface area (Å²) in [6.45, 7) is 1.88. The number of anilines is 2. The van der Waals surface area contributed by atoms with Gasteiger partial charge in [0.15, 0.2) is 0 Å². The molecule has 4 nitrogen and oxygen atoms in total. The van der Waals surface area contributed by atoms with Crippen LogP contribution in [0, 0.1) is 6.92 Å². The van der Waals surface area contributed by atoms with E-state index in [2.05, 4.69) is 10.6 Å². The minimum absolute atomic E-state index is 0.0522. The van der Waals surface area contributed by atoms with Crippen molar-refractivity contribution in [3.8, 4) is 0 Å². The van der Waals surface area contributed by atoms with Gasteiger partial charge in [-0.25, -0.2) is 0 Å². The Hall–Kier alpha value is -1.98. The minimum atomic E-state index is -0.224. The summed E-state index contributed by atoms with van der Waals surface area (Å²) < 4.78 is 0. The average molecular weight is 333 g/mol. The molecule has 1 heterocycles. The van der Waals surface area contributed by atoms with Crippen molar-refractivity contribution in [2.75, 3.05) is 16.4 Å². The molecule has 1 aliphatic rings. The van der Waals surface area contributed by atoms with E-state index in [1.165, 1.54) is 11.8 Å². The second-order valence-electron chi connectivity index (χ2n) is 4.96. The first-order valence-electron chi connectivity index (χ1n) is 6.67. The van der Waals surface area contributed by atoms with E-state index < -0.39 is 0 Å². The summed E-state index contributed by atoms with van der Waals surface area (Å²) in [5.74, 6) is 0.129. The first-order valence-corrected chi connectivity index (χ1v) is 8.03. The molecule has 0 aliphatic carbocycles. The Kier molecular flexibility index (Phi) is 4.09. The molecule has 6 heteroatoms. The van der Waals surface area contributed by atoms with E-state index in [1.807, 2.05) is 13.0 Å². The number of hydrogen-bond donors (Lipinski definition) is 2. The Bertz CT molecular complexity index is 777. The van der Waals surface area contributed by atoms with Crippen molar-refractivity contribution >= 4 is 46.6 Å². The molecule has 2 aromatic rings. The summed E-state index contributed by atoms with van der Waals surface area (Å²) in [6.07, 6.45) is 0. The molecule has 2 aromatic carbocycles. The van der Waals surface area contributed by atoms with Crippen LogP contribution in [-0.4, -0.2) is 17.6 Å². The van der Waals surface area contributed by atoms with E-state index in [-0.39, 0.29) is 11.8 Å². The van der Waals surface area contributed by atoms with Gasteiger partial charge in [-0.2, -0.15) is 0 Å². The normalized spacial score (nSPS) is 13.3. The first-order chi connectivity index (χ1) is 10.5. The van der Waals surface area contributed by atoms with Gasteiger partial charge < -0.3 is 10.6 Å². The molecule has 22 heavy (non-hydrogen) atoms. The highest BCUT2D eigenvalue weighted by Gasteiger charge is 2.17. The van der Waals surface area contributed by atoms with E-state index in [4.69, 9.17) is 11.6 Å². The predicted octanol–water partition coefficient (Wildman–Crippen LogP) is 3.94. The molecular formula is C16H13ClN2O2S. The molecule has 3 rings (SSSR count). The third-order valence-corrected chi connectivity index (χ3v) is 4.62. The van der Waals surface area contributed by atoms with Crippen LogP contribution in [0.25, 0.3) is 0 Å². The van der Waals surface area contributed by atoms with Gasteiger partial charge in [0, 0.05) is 21.2 Å². The van der Waals surface area contributed by atoms with Crippen molar-refractivity contribution in [2.24, 2.45) is 0 Å². The van der Waals surface area contributed by atoms with Gasteiger partial charge in [-0.3, -0.25) is 9.59 Å². The second kappa shape index (κ2) is 6.02. The van der Waals surface area contributed by atoms with Gasteiger partial charge in [0.25, 0.3) is 5.91 Å². The van der Waals surface area contributed by atoms with E-state index in [1.54, 1.807) is 30.3 Å². The molecule has 0 unspecified atom stereocenters. The van der Waals surface area contributed by atoms with Crippen LogP contribution in [0.4, 0.5) is 11.4 Å². The van der Waals surface area contributed by atoms with Gasteiger partial charge >= 0.3 is 0 Å². The topological polar surface area (TPSA) is 58.2 Å². The third-order valence-electron chi connectivity index (χ3n) is 3.31. The first kappa shape index (κ1) is 14.9. The third kappa shape index (κ3) is 3.10. The van der Waals surface area contributed by atoms with Crippen molar-refractivity contribution in [3.63, 3.8) is 0 Å². The maximum atomic E-state index is 12.4. The fraction of sp³-hybridized carbons (Fsp3) is 0.125. The van der Waals surface area contributed by atoms with Crippen molar-refractivity contribution in [3.05, 3.63) is 52.5 Å². The Morgan fingerprint density at radius 1 is 1.27 bits per heavy atom. The monoisotopic (exact) mass is 332 g/mol. The van der Waals surface area contributed by atoms with Crippen molar-refractivity contribution in [1.82, 2.24) is 0 Å². The van der Waals surface area contributed by atoms with Gasteiger partial charge in [0.05, 0.1) is 11.4 Å². The Labute approximate surface area is 137 Å². The van der Waals surface area contributed by atoms with E-state index in [0.717, 1.165) is 10.5 Å². The molecule has 0 bridgehead atoms. The van der Waals surface area contributed by atoms with Crippen molar-refractivity contribution < 1.29 is 9.59 Å². The van der Waals surface area contributed by atoms with Gasteiger partial charge in [0.2, 0.25) is 5.91 Å². The molecule has 0 atom stereocenters. The summed E-state index contributed by atoms with van der Waals surface area (Å²) in [6, 6.07) is 10.6. The van der Waals surface area contributed by atoms with Gasteiger partial charge in [-0.05, 0) is 48.9 Å². The van der Waals surface area contributed by atoms with E-state index in [9.17, 15) is 9.59 Å². The lowest BCUT2D eigenvalue weighted by atomic mass is 10.1. The summed E-state index contributed by atoms with van der Waals surface area (Å²) in [4.78, 5) is 24.8. The maximum Gasteiger partial charge on any atom is 0.255 e. The highest BCUT2D eigenvalue weighted by molar-refractivity contribution is 8.00. The quantitative estimate of drug-likeness (QED) is 0.875. The Balaban J connectivity index is 1.83. The fourth-order valence-corrected chi connectivity index (χ4v) is 3.20. The van der Waals surface area contributed by atoms with Crippen LogP contribution in [-0.2, 0) is 4.79 Å². The summed E-state index contributed by atoms with van der Waals surface area (Å²) in [5.41, 5.74) is 2.78. The van der Waals surface area contributed by atoms with E-state index in [0.29, 0.717) is 27.7 Å². The predicted molar refractivity (Wildman–Crippen MR) is 89.9 cm³/mol.